The van der Waals surface area contributed by atoms with E-state index in [0.29, 0.717) is 0 Å². The molecular weight excluding hydrogens is 387 g/mol. The molecular formula is C27H26PS. The molecule has 4 aromatic carbocycles. The molecule has 1 radical (unpaired) electrons. The third kappa shape index (κ3) is 4.37. The highest BCUT2D eigenvalue weighted by atomic mass is 32.1. The fourth-order valence-electron chi connectivity index (χ4n) is 3.80. The van der Waals surface area contributed by atoms with Crippen LogP contribution in [0.25, 0.3) is 6.08 Å². The summed E-state index contributed by atoms with van der Waals surface area (Å²) >= 11 is 0. The molecule has 0 saturated carbocycles. The number of hydrogen-bond acceptors (Lipinski definition) is 0. The van der Waals surface area contributed by atoms with Gasteiger partial charge in [0, 0.05) is 6.16 Å². The molecule has 0 nitrogen and oxygen atoms in total. The van der Waals surface area contributed by atoms with Crippen LogP contribution in [-0.2, 0) is 6.16 Å². The Hall–Kier alpha value is -2.60. The van der Waals surface area contributed by atoms with Crippen LogP contribution in [0.5, 0.6) is 0 Å². The van der Waals surface area contributed by atoms with E-state index in [-0.39, 0.29) is 13.5 Å². The summed E-state index contributed by atoms with van der Waals surface area (Å²) < 4.78 is 0. The van der Waals surface area contributed by atoms with Gasteiger partial charge < -0.3 is 0 Å². The molecule has 0 amide bonds. The third-order valence-corrected chi connectivity index (χ3v) is 9.60. The van der Waals surface area contributed by atoms with Crippen LogP contribution in [0, 0.1) is 0 Å². The van der Waals surface area contributed by atoms with Crippen LogP contribution in [-0.4, -0.2) is 0 Å². The standard InChI is InChI=1S/C27H24P.H2S/c1-2-23-18-20-24(21-19-23)22-28(25-12-6-3-7-13-25,26-14-8-4-9-15-26)27-16-10-5-11-17-27;/h2-21H,1,22H2;1H2. The fraction of sp³-hybridized carbons (Fsp3) is 0.0370. The Kier molecular flexibility index (Phi) is 7.09. The van der Waals surface area contributed by atoms with Gasteiger partial charge in [0.25, 0.3) is 0 Å². The zero-order valence-corrected chi connectivity index (χ0v) is 18.3. The van der Waals surface area contributed by atoms with Gasteiger partial charge in [0.15, 0.2) is 0 Å². The van der Waals surface area contributed by atoms with Crippen molar-refractivity contribution < 1.29 is 0 Å². The highest BCUT2D eigenvalue weighted by Crippen LogP contribution is 2.58. The smallest absolute Gasteiger partial charge is 0.000638 e. The molecule has 0 saturated heterocycles. The van der Waals surface area contributed by atoms with Gasteiger partial charge in [-0.25, -0.2) is 0 Å². The van der Waals surface area contributed by atoms with E-state index in [2.05, 4.69) is 122 Å². The Balaban J connectivity index is 0.00000240. The van der Waals surface area contributed by atoms with E-state index >= 15 is 0 Å². The molecule has 0 spiro atoms. The van der Waals surface area contributed by atoms with Crippen molar-refractivity contribution in [2.24, 2.45) is 0 Å². The second-order valence-corrected chi connectivity index (χ2v) is 10.4. The van der Waals surface area contributed by atoms with Gasteiger partial charge >= 0.3 is 0 Å². The van der Waals surface area contributed by atoms with Crippen molar-refractivity contribution in [2.45, 2.75) is 6.16 Å². The Labute approximate surface area is 181 Å². The van der Waals surface area contributed by atoms with E-state index in [0.717, 1.165) is 11.7 Å². The van der Waals surface area contributed by atoms with Crippen LogP contribution >= 0.6 is 20.8 Å². The van der Waals surface area contributed by atoms with Gasteiger partial charge in [0.2, 0.25) is 0 Å². The second-order valence-electron chi connectivity index (χ2n) is 6.92. The number of rotatable bonds is 6. The molecule has 0 aliphatic rings. The predicted octanol–water partition coefficient (Wildman–Crippen LogP) is 5.94. The van der Waals surface area contributed by atoms with Gasteiger partial charge in [-0.05, 0) is 34.3 Å². The van der Waals surface area contributed by atoms with Crippen LogP contribution in [0.3, 0.4) is 0 Å². The molecule has 0 fully saturated rings. The fourth-order valence-corrected chi connectivity index (χ4v) is 8.05. The molecule has 0 bridgehead atoms. The molecule has 0 unspecified atom stereocenters. The first-order valence-corrected chi connectivity index (χ1v) is 11.6. The Morgan fingerprint density at radius 3 is 1.28 bits per heavy atom. The Morgan fingerprint density at radius 1 is 0.552 bits per heavy atom. The van der Waals surface area contributed by atoms with Crippen molar-refractivity contribution in [3.63, 3.8) is 0 Å². The Morgan fingerprint density at radius 2 is 0.931 bits per heavy atom. The van der Waals surface area contributed by atoms with E-state index in [1.165, 1.54) is 21.5 Å². The summed E-state index contributed by atoms with van der Waals surface area (Å²) in [7, 11) is -1.82. The monoisotopic (exact) mass is 413 g/mol. The quantitative estimate of drug-likeness (QED) is 0.343. The molecule has 4 rings (SSSR count). The predicted molar refractivity (Wildman–Crippen MR) is 136 cm³/mol. The van der Waals surface area contributed by atoms with E-state index in [1.807, 2.05) is 6.08 Å². The summed E-state index contributed by atoms with van der Waals surface area (Å²) in [6, 6.07) is 41.9. The minimum atomic E-state index is -1.82. The van der Waals surface area contributed by atoms with Crippen LogP contribution in [0.4, 0.5) is 0 Å². The zero-order valence-electron chi connectivity index (χ0n) is 16.4. The van der Waals surface area contributed by atoms with Crippen molar-refractivity contribution in [3.05, 3.63) is 133 Å². The summed E-state index contributed by atoms with van der Waals surface area (Å²) in [6.07, 6.45) is 2.90. The molecule has 4 aromatic rings. The first kappa shape index (κ1) is 21.1. The third-order valence-electron chi connectivity index (χ3n) is 5.23. The lowest BCUT2D eigenvalue weighted by molar-refractivity contribution is 1.38. The maximum absolute atomic E-state index is 3.88. The molecule has 29 heavy (non-hydrogen) atoms. The molecule has 0 atom stereocenters. The van der Waals surface area contributed by atoms with Crippen molar-refractivity contribution in [1.82, 2.24) is 0 Å². The molecule has 0 N–H and O–H groups in total. The lowest BCUT2D eigenvalue weighted by atomic mass is 10.1. The van der Waals surface area contributed by atoms with E-state index in [4.69, 9.17) is 0 Å². The van der Waals surface area contributed by atoms with Crippen LogP contribution in [0.2, 0.25) is 0 Å². The maximum Gasteiger partial charge on any atom is 0.000638 e. The number of hydrogen-bond donors (Lipinski definition) is 0. The normalized spacial score (nSPS) is 10.8. The van der Waals surface area contributed by atoms with Gasteiger partial charge in [0.1, 0.15) is 0 Å². The van der Waals surface area contributed by atoms with Crippen molar-refractivity contribution >= 4 is 42.7 Å². The minimum absolute atomic E-state index is 0. The van der Waals surface area contributed by atoms with Gasteiger partial charge in [-0.2, -0.15) is 13.5 Å². The topological polar surface area (TPSA) is 0 Å². The van der Waals surface area contributed by atoms with Crippen molar-refractivity contribution in [1.29, 1.82) is 0 Å². The molecule has 0 aromatic heterocycles. The minimum Gasteiger partial charge on any atom is -0.197 e. The summed E-state index contributed by atoms with van der Waals surface area (Å²) in [5, 5.41) is 4.25. The molecule has 0 aliphatic carbocycles. The van der Waals surface area contributed by atoms with Crippen LogP contribution in [0.15, 0.2) is 122 Å². The van der Waals surface area contributed by atoms with E-state index in [9.17, 15) is 0 Å². The van der Waals surface area contributed by atoms with E-state index < -0.39 is 7.26 Å². The number of benzene rings is 4. The van der Waals surface area contributed by atoms with Gasteiger partial charge in [-0.1, -0.05) is 128 Å². The second kappa shape index (κ2) is 9.74. The molecule has 2 heteroatoms. The summed E-state index contributed by atoms with van der Waals surface area (Å²) in [5.41, 5.74) is 2.52. The van der Waals surface area contributed by atoms with Gasteiger partial charge in [-0.3, -0.25) is 0 Å². The molecule has 145 valence electrons. The lowest BCUT2D eigenvalue weighted by Crippen LogP contribution is -2.32. The molecule has 0 aliphatic heterocycles. The zero-order chi connectivity index (χ0) is 19.2. The summed E-state index contributed by atoms with van der Waals surface area (Å²) in [4.78, 5) is 0. The van der Waals surface area contributed by atoms with Gasteiger partial charge in [-0.15, -0.1) is 0 Å². The van der Waals surface area contributed by atoms with Gasteiger partial charge in [0.05, 0.1) is 0 Å². The summed E-state index contributed by atoms with van der Waals surface area (Å²) in [6.45, 7) is 3.88. The Bertz CT molecular complexity index is 929. The lowest BCUT2D eigenvalue weighted by Gasteiger charge is -2.38. The van der Waals surface area contributed by atoms with Crippen LogP contribution in [0.1, 0.15) is 11.1 Å². The molecule has 0 heterocycles. The summed E-state index contributed by atoms with van der Waals surface area (Å²) in [5.74, 6) is 0. The van der Waals surface area contributed by atoms with Crippen molar-refractivity contribution in [2.75, 3.05) is 0 Å². The SMILES string of the molecule is C=Cc1ccc(C[P](c2ccccc2)(c2ccccc2)c2ccccc2)cc1.S. The van der Waals surface area contributed by atoms with E-state index in [1.54, 1.807) is 0 Å². The highest BCUT2D eigenvalue weighted by molar-refractivity contribution is 7.95. The van der Waals surface area contributed by atoms with Crippen molar-refractivity contribution in [3.8, 4) is 0 Å². The average Bonchev–Trinajstić information content (AvgIpc) is 2.80. The van der Waals surface area contributed by atoms with Crippen LogP contribution < -0.4 is 15.9 Å². The maximum atomic E-state index is 3.88. The first-order valence-electron chi connectivity index (χ1n) is 9.59. The largest absolute Gasteiger partial charge is 0.197 e. The first-order chi connectivity index (χ1) is 13.8. The highest BCUT2D eigenvalue weighted by Gasteiger charge is 2.33. The average molecular weight is 414 g/mol.